The van der Waals surface area contributed by atoms with Crippen LogP contribution in [0.4, 0.5) is 0 Å². The van der Waals surface area contributed by atoms with E-state index in [2.05, 4.69) is 29.6 Å². The van der Waals surface area contributed by atoms with Crippen LogP contribution in [0.3, 0.4) is 0 Å². The fraction of sp³-hybridized carbons (Fsp3) is 0.125. The highest BCUT2D eigenvalue weighted by Gasteiger charge is 2.12. The van der Waals surface area contributed by atoms with Crippen LogP contribution >= 0.6 is 11.3 Å². The van der Waals surface area contributed by atoms with E-state index in [9.17, 15) is 4.79 Å². The molecule has 0 radical (unpaired) electrons. The predicted octanol–water partition coefficient (Wildman–Crippen LogP) is 4.86. The van der Waals surface area contributed by atoms with Gasteiger partial charge in [0.1, 0.15) is 5.69 Å². The van der Waals surface area contributed by atoms with Gasteiger partial charge in [0, 0.05) is 11.8 Å². The molecule has 2 aromatic carbocycles. The normalized spacial score (nSPS) is 11.1. The number of para-hydroxylation sites is 1. The second kappa shape index (κ2) is 9.33. The molecule has 1 amide bonds. The molecular weight excluding hydrogens is 392 g/mol. The lowest BCUT2D eigenvalue weighted by Crippen LogP contribution is -2.19. The van der Waals surface area contributed by atoms with Crippen LogP contribution in [0.2, 0.25) is 0 Å². The van der Waals surface area contributed by atoms with Gasteiger partial charge < -0.3 is 0 Å². The van der Waals surface area contributed by atoms with Crippen LogP contribution in [-0.4, -0.2) is 21.9 Å². The van der Waals surface area contributed by atoms with Crippen molar-refractivity contribution in [2.24, 2.45) is 5.10 Å². The molecule has 0 saturated heterocycles. The van der Waals surface area contributed by atoms with E-state index in [1.807, 2.05) is 70.9 Å². The molecule has 30 heavy (non-hydrogen) atoms. The number of carbonyl (C=O) groups is 1. The summed E-state index contributed by atoms with van der Waals surface area (Å²) in [6.07, 6.45) is 4.85. The largest absolute Gasteiger partial charge is 0.273 e. The van der Waals surface area contributed by atoms with E-state index >= 15 is 0 Å². The SMILES string of the molecule is CCc1ccc(CC(=O)N/N=C\c2cn(-c3ccccc3)nc2-c2cccs2)cc1. The summed E-state index contributed by atoms with van der Waals surface area (Å²) in [6, 6.07) is 22.0. The summed E-state index contributed by atoms with van der Waals surface area (Å²) in [5.74, 6) is -0.149. The Balaban J connectivity index is 1.49. The van der Waals surface area contributed by atoms with E-state index in [0.717, 1.165) is 33.8 Å². The Kier molecular flexibility index (Phi) is 6.15. The molecule has 2 aromatic heterocycles. The Morgan fingerprint density at radius 2 is 1.83 bits per heavy atom. The number of thiophene rings is 1. The maximum Gasteiger partial charge on any atom is 0.244 e. The zero-order chi connectivity index (χ0) is 20.8. The number of rotatable bonds is 7. The first-order valence-electron chi connectivity index (χ1n) is 9.81. The monoisotopic (exact) mass is 414 g/mol. The third kappa shape index (κ3) is 4.72. The minimum absolute atomic E-state index is 0.149. The quantitative estimate of drug-likeness (QED) is 0.347. The molecule has 4 rings (SSSR count). The van der Waals surface area contributed by atoms with Crippen molar-refractivity contribution in [3.63, 3.8) is 0 Å². The summed E-state index contributed by atoms with van der Waals surface area (Å²) in [4.78, 5) is 13.3. The fourth-order valence-corrected chi connectivity index (χ4v) is 3.82. The molecule has 0 unspecified atom stereocenters. The van der Waals surface area contributed by atoms with Gasteiger partial charge in [-0.3, -0.25) is 4.79 Å². The Hall–Kier alpha value is -3.51. The van der Waals surface area contributed by atoms with Crippen LogP contribution in [0.15, 0.2) is 83.4 Å². The molecule has 0 fully saturated rings. The molecule has 6 heteroatoms. The zero-order valence-corrected chi connectivity index (χ0v) is 17.5. The van der Waals surface area contributed by atoms with Gasteiger partial charge in [0.05, 0.1) is 23.2 Å². The van der Waals surface area contributed by atoms with Gasteiger partial charge in [-0.15, -0.1) is 11.3 Å². The third-order valence-corrected chi connectivity index (χ3v) is 5.58. The molecule has 0 aliphatic heterocycles. The molecule has 0 aliphatic carbocycles. The van der Waals surface area contributed by atoms with E-state index in [1.54, 1.807) is 17.6 Å². The number of nitrogens with one attached hydrogen (secondary N) is 1. The molecule has 2 heterocycles. The van der Waals surface area contributed by atoms with Gasteiger partial charge in [0.2, 0.25) is 5.91 Å². The van der Waals surface area contributed by atoms with Gasteiger partial charge in [0.25, 0.3) is 0 Å². The molecule has 150 valence electrons. The number of hydrogen-bond acceptors (Lipinski definition) is 4. The maximum atomic E-state index is 12.3. The van der Waals surface area contributed by atoms with E-state index in [-0.39, 0.29) is 5.91 Å². The molecule has 1 N–H and O–H groups in total. The van der Waals surface area contributed by atoms with Crippen molar-refractivity contribution in [3.8, 4) is 16.3 Å². The number of amides is 1. The average Bonchev–Trinajstić information content (AvgIpc) is 3.45. The molecule has 0 aliphatic rings. The molecule has 5 nitrogen and oxygen atoms in total. The van der Waals surface area contributed by atoms with Crippen molar-refractivity contribution in [3.05, 3.63) is 95.0 Å². The maximum absolute atomic E-state index is 12.3. The van der Waals surface area contributed by atoms with Crippen molar-refractivity contribution in [2.75, 3.05) is 0 Å². The highest BCUT2D eigenvalue weighted by Crippen LogP contribution is 2.26. The van der Waals surface area contributed by atoms with Gasteiger partial charge in [-0.25, -0.2) is 10.1 Å². The van der Waals surface area contributed by atoms with Crippen LogP contribution in [0.1, 0.15) is 23.6 Å². The first-order chi connectivity index (χ1) is 14.7. The Morgan fingerprint density at radius 1 is 1.07 bits per heavy atom. The molecule has 0 spiro atoms. The highest BCUT2D eigenvalue weighted by atomic mass is 32.1. The average molecular weight is 415 g/mol. The van der Waals surface area contributed by atoms with Crippen LogP contribution in [0, 0.1) is 0 Å². The molecule has 0 bridgehead atoms. The first kappa shape index (κ1) is 19.8. The van der Waals surface area contributed by atoms with Gasteiger partial charge in [-0.05, 0) is 41.1 Å². The van der Waals surface area contributed by atoms with Crippen molar-refractivity contribution in [1.29, 1.82) is 0 Å². The lowest BCUT2D eigenvalue weighted by Gasteiger charge is -2.02. The fourth-order valence-electron chi connectivity index (χ4n) is 3.09. The van der Waals surface area contributed by atoms with Crippen molar-refractivity contribution in [2.45, 2.75) is 19.8 Å². The summed E-state index contributed by atoms with van der Waals surface area (Å²) in [5, 5.41) is 10.9. The number of carbonyl (C=O) groups excluding carboxylic acids is 1. The number of hydrazone groups is 1. The predicted molar refractivity (Wildman–Crippen MR) is 122 cm³/mol. The van der Waals surface area contributed by atoms with E-state index in [4.69, 9.17) is 5.10 Å². The Morgan fingerprint density at radius 3 is 2.53 bits per heavy atom. The first-order valence-corrected chi connectivity index (χ1v) is 10.7. The van der Waals surface area contributed by atoms with Crippen LogP contribution in [0.5, 0.6) is 0 Å². The van der Waals surface area contributed by atoms with Crippen molar-refractivity contribution >= 4 is 23.5 Å². The highest BCUT2D eigenvalue weighted by molar-refractivity contribution is 7.13. The van der Waals surface area contributed by atoms with Crippen LogP contribution in [-0.2, 0) is 17.6 Å². The van der Waals surface area contributed by atoms with E-state index in [0.29, 0.717) is 6.42 Å². The smallest absolute Gasteiger partial charge is 0.244 e. The summed E-state index contributed by atoms with van der Waals surface area (Å²) < 4.78 is 1.83. The zero-order valence-electron chi connectivity index (χ0n) is 16.7. The standard InChI is InChI=1S/C24H22N4OS/c1-2-18-10-12-19(13-11-18)15-23(29)26-25-16-20-17-28(21-7-4-3-5-8-21)27-24(20)22-9-6-14-30-22/h3-14,16-17H,2,15H2,1H3,(H,26,29)/b25-16-. The van der Waals surface area contributed by atoms with Crippen molar-refractivity contribution < 1.29 is 4.79 Å². The molecular formula is C24H22N4OS. The topological polar surface area (TPSA) is 59.3 Å². The van der Waals surface area contributed by atoms with E-state index < -0.39 is 0 Å². The third-order valence-electron chi connectivity index (χ3n) is 4.71. The Labute approximate surface area is 179 Å². The number of aromatic nitrogens is 2. The second-order valence-corrected chi connectivity index (χ2v) is 7.78. The number of hydrogen-bond donors (Lipinski definition) is 1. The van der Waals surface area contributed by atoms with Gasteiger partial charge in [0.15, 0.2) is 0 Å². The summed E-state index contributed by atoms with van der Waals surface area (Å²) in [7, 11) is 0. The minimum atomic E-state index is -0.149. The number of nitrogens with zero attached hydrogens (tertiary/aromatic N) is 3. The number of aryl methyl sites for hydroxylation is 1. The Bertz CT molecular complexity index is 1130. The molecule has 0 atom stereocenters. The summed E-state index contributed by atoms with van der Waals surface area (Å²) in [5.41, 5.74) is 7.50. The lowest BCUT2D eigenvalue weighted by atomic mass is 10.1. The van der Waals surface area contributed by atoms with Gasteiger partial charge in [-0.2, -0.15) is 10.2 Å². The minimum Gasteiger partial charge on any atom is -0.273 e. The molecule has 4 aromatic rings. The lowest BCUT2D eigenvalue weighted by molar-refractivity contribution is -0.120. The van der Waals surface area contributed by atoms with E-state index in [1.165, 1.54) is 5.56 Å². The summed E-state index contributed by atoms with van der Waals surface area (Å²) >= 11 is 1.62. The number of benzene rings is 2. The molecule has 0 saturated carbocycles. The van der Waals surface area contributed by atoms with Crippen LogP contribution < -0.4 is 5.43 Å². The van der Waals surface area contributed by atoms with Crippen molar-refractivity contribution in [1.82, 2.24) is 15.2 Å². The second-order valence-electron chi connectivity index (χ2n) is 6.83. The van der Waals surface area contributed by atoms with Crippen LogP contribution in [0.25, 0.3) is 16.3 Å². The van der Waals surface area contributed by atoms with Gasteiger partial charge in [-0.1, -0.05) is 55.5 Å². The van der Waals surface area contributed by atoms with Gasteiger partial charge >= 0.3 is 0 Å². The summed E-state index contributed by atoms with van der Waals surface area (Å²) in [6.45, 7) is 2.11.